The summed E-state index contributed by atoms with van der Waals surface area (Å²) in [7, 11) is 0. The molecule has 0 bridgehead atoms. The second-order valence-corrected chi connectivity index (χ2v) is 6.69. The monoisotopic (exact) mass is 460 g/mol. The van der Waals surface area contributed by atoms with E-state index in [4.69, 9.17) is 32.7 Å². The van der Waals surface area contributed by atoms with Crippen molar-refractivity contribution in [3.8, 4) is 17.2 Å². The number of halogens is 3. The SMILES string of the molecule is CCOc1cc(Br)cc(/C=N/NC(=O)COc2ccc(Cl)cc2Cl)c1O. The van der Waals surface area contributed by atoms with Crippen LogP contribution in [0.15, 0.2) is 39.9 Å². The van der Waals surface area contributed by atoms with Crippen molar-refractivity contribution in [2.45, 2.75) is 6.92 Å². The number of benzene rings is 2. The molecule has 0 aliphatic heterocycles. The largest absolute Gasteiger partial charge is 0.504 e. The molecule has 0 spiro atoms. The van der Waals surface area contributed by atoms with Crippen LogP contribution in [0.5, 0.6) is 17.2 Å². The zero-order valence-electron chi connectivity index (χ0n) is 13.6. The Morgan fingerprint density at radius 1 is 1.27 bits per heavy atom. The summed E-state index contributed by atoms with van der Waals surface area (Å²) in [5.74, 6) is 0.0839. The van der Waals surface area contributed by atoms with Gasteiger partial charge in [-0.3, -0.25) is 4.79 Å². The van der Waals surface area contributed by atoms with Crippen LogP contribution in [-0.2, 0) is 4.79 Å². The summed E-state index contributed by atoms with van der Waals surface area (Å²) in [5, 5.41) is 14.7. The minimum absolute atomic E-state index is 0.0720. The van der Waals surface area contributed by atoms with Gasteiger partial charge in [0.2, 0.25) is 0 Å². The average Bonchev–Trinajstić information content (AvgIpc) is 2.58. The summed E-state index contributed by atoms with van der Waals surface area (Å²) in [6.45, 7) is 1.93. The summed E-state index contributed by atoms with van der Waals surface area (Å²) < 4.78 is 11.3. The van der Waals surface area contributed by atoms with Gasteiger partial charge in [-0.1, -0.05) is 39.1 Å². The maximum absolute atomic E-state index is 11.8. The van der Waals surface area contributed by atoms with E-state index in [2.05, 4.69) is 26.5 Å². The highest BCUT2D eigenvalue weighted by atomic mass is 79.9. The summed E-state index contributed by atoms with van der Waals surface area (Å²) in [6, 6.07) is 7.96. The molecule has 9 heteroatoms. The lowest BCUT2D eigenvalue weighted by atomic mass is 10.2. The van der Waals surface area contributed by atoms with Crippen molar-refractivity contribution in [2.24, 2.45) is 5.10 Å². The van der Waals surface area contributed by atoms with Gasteiger partial charge in [-0.15, -0.1) is 0 Å². The Kier molecular flexibility index (Phi) is 7.56. The normalized spacial score (nSPS) is 10.8. The Labute approximate surface area is 168 Å². The first-order valence-electron chi connectivity index (χ1n) is 7.45. The smallest absolute Gasteiger partial charge is 0.277 e. The van der Waals surface area contributed by atoms with Crippen LogP contribution in [0.3, 0.4) is 0 Å². The van der Waals surface area contributed by atoms with Gasteiger partial charge in [0.15, 0.2) is 18.1 Å². The highest BCUT2D eigenvalue weighted by molar-refractivity contribution is 9.10. The molecule has 2 aromatic rings. The second-order valence-electron chi connectivity index (χ2n) is 4.93. The number of hydrazone groups is 1. The lowest BCUT2D eigenvalue weighted by Gasteiger charge is -2.09. The van der Waals surface area contributed by atoms with Crippen LogP contribution in [-0.4, -0.2) is 30.4 Å². The van der Waals surface area contributed by atoms with E-state index in [1.54, 1.807) is 31.2 Å². The molecule has 2 aromatic carbocycles. The number of ether oxygens (including phenoxy) is 2. The van der Waals surface area contributed by atoms with E-state index in [1.807, 2.05) is 0 Å². The van der Waals surface area contributed by atoms with E-state index >= 15 is 0 Å². The van der Waals surface area contributed by atoms with Crippen molar-refractivity contribution < 1.29 is 19.4 Å². The van der Waals surface area contributed by atoms with Crippen molar-refractivity contribution in [2.75, 3.05) is 13.2 Å². The molecular formula is C17H15BrCl2N2O4. The molecule has 0 atom stereocenters. The number of phenolic OH excluding ortho intramolecular Hbond substituents is 1. The molecule has 26 heavy (non-hydrogen) atoms. The third-order valence-corrected chi connectivity index (χ3v) is 4.00. The Morgan fingerprint density at radius 3 is 2.73 bits per heavy atom. The fourth-order valence-electron chi connectivity index (χ4n) is 1.90. The van der Waals surface area contributed by atoms with Gasteiger partial charge in [-0.05, 0) is 37.3 Å². The van der Waals surface area contributed by atoms with Crippen LogP contribution in [0.4, 0.5) is 0 Å². The topological polar surface area (TPSA) is 80.2 Å². The molecule has 6 nitrogen and oxygen atoms in total. The lowest BCUT2D eigenvalue weighted by Crippen LogP contribution is -2.24. The van der Waals surface area contributed by atoms with E-state index in [9.17, 15) is 9.90 Å². The Morgan fingerprint density at radius 2 is 2.04 bits per heavy atom. The fraction of sp³-hybridized carbons (Fsp3) is 0.176. The van der Waals surface area contributed by atoms with Crippen molar-refractivity contribution in [1.29, 1.82) is 0 Å². The molecule has 0 fully saturated rings. The van der Waals surface area contributed by atoms with Crippen molar-refractivity contribution in [3.05, 3.63) is 50.4 Å². The molecule has 0 aliphatic rings. The Hall–Kier alpha value is -1.96. The maximum atomic E-state index is 11.8. The maximum Gasteiger partial charge on any atom is 0.277 e. The first-order valence-corrected chi connectivity index (χ1v) is 9.00. The lowest BCUT2D eigenvalue weighted by molar-refractivity contribution is -0.123. The van der Waals surface area contributed by atoms with E-state index in [0.717, 1.165) is 0 Å². The summed E-state index contributed by atoms with van der Waals surface area (Å²) >= 11 is 15.1. The molecular weight excluding hydrogens is 447 g/mol. The Balaban J connectivity index is 1.94. The van der Waals surface area contributed by atoms with Gasteiger partial charge in [0.25, 0.3) is 5.91 Å². The molecule has 0 radical (unpaired) electrons. The van der Waals surface area contributed by atoms with Crippen LogP contribution in [0.2, 0.25) is 10.0 Å². The highest BCUT2D eigenvalue weighted by Gasteiger charge is 2.09. The summed E-state index contributed by atoms with van der Waals surface area (Å²) in [4.78, 5) is 11.8. The summed E-state index contributed by atoms with van der Waals surface area (Å²) in [5.41, 5.74) is 2.68. The standard InChI is InChI=1S/C17H15BrCl2N2O4/c1-2-25-15-6-11(18)5-10(17(15)24)8-21-22-16(23)9-26-14-4-3-12(19)7-13(14)20/h3-8,24H,2,9H2,1H3,(H,22,23)/b21-8+. The first kappa shape index (κ1) is 20.4. The van der Waals surface area contributed by atoms with Crippen LogP contribution in [0.1, 0.15) is 12.5 Å². The minimum atomic E-state index is -0.494. The number of aromatic hydroxyl groups is 1. The van der Waals surface area contributed by atoms with Gasteiger partial charge < -0.3 is 14.6 Å². The van der Waals surface area contributed by atoms with Crippen LogP contribution in [0.25, 0.3) is 0 Å². The molecule has 0 aromatic heterocycles. The number of hydrogen-bond donors (Lipinski definition) is 2. The quantitative estimate of drug-likeness (QED) is 0.473. The van der Waals surface area contributed by atoms with Crippen LogP contribution >= 0.6 is 39.1 Å². The molecule has 0 unspecified atom stereocenters. The molecule has 0 saturated carbocycles. The predicted octanol–water partition coefficient (Wildman–Crippen LogP) is 4.39. The Bertz CT molecular complexity index is 831. The third kappa shape index (κ3) is 5.79. The zero-order valence-corrected chi connectivity index (χ0v) is 16.7. The molecule has 2 rings (SSSR count). The summed E-state index contributed by atoms with van der Waals surface area (Å²) in [6.07, 6.45) is 1.30. The number of hydrogen-bond acceptors (Lipinski definition) is 5. The number of nitrogens with one attached hydrogen (secondary N) is 1. The van der Waals surface area contributed by atoms with Gasteiger partial charge in [0.05, 0.1) is 17.8 Å². The van der Waals surface area contributed by atoms with Crippen molar-refractivity contribution in [1.82, 2.24) is 5.43 Å². The fourth-order valence-corrected chi connectivity index (χ4v) is 2.82. The predicted molar refractivity (Wildman–Crippen MR) is 105 cm³/mol. The zero-order chi connectivity index (χ0) is 19.1. The van der Waals surface area contributed by atoms with Crippen molar-refractivity contribution >= 4 is 51.3 Å². The number of amides is 1. The van der Waals surface area contributed by atoms with Crippen molar-refractivity contribution in [3.63, 3.8) is 0 Å². The molecule has 0 heterocycles. The number of carbonyl (C=O) groups excluding carboxylic acids is 1. The number of phenols is 1. The number of rotatable bonds is 7. The van der Waals surface area contributed by atoms with Crippen LogP contribution in [0, 0.1) is 0 Å². The van der Waals surface area contributed by atoms with E-state index in [-0.39, 0.29) is 12.4 Å². The highest BCUT2D eigenvalue weighted by Crippen LogP contribution is 2.33. The van der Waals surface area contributed by atoms with Gasteiger partial charge >= 0.3 is 0 Å². The van der Waals surface area contributed by atoms with Gasteiger partial charge in [0, 0.05) is 15.1 Å². The average molecular weight is 462 g/mol. The third-order valence-electron chi connectivity index (χ3n) is 3.01. The second kappa shape index (κ2) is 9.66. The molecule has 0 aliphatic carbocycles. The van der Waals surface area contributed by atoms with E-state index < -0.39 is 5.91 Å². The molecule has 1 amide bonds. The van der Waals surface area contributed by atoms with E-state index in [1.165, 1.54) is 12.3 Å². The molecule has 138 valence electrons. The van der Waals surface area contributed by atoms with E-state index in [0.29, 0.717) is 38.2 Å². The van der Waals surface area contributed by atoms with Gasteiger partial charge in [-0.2, -0.15) is 5.10 Å². The van der Waals surface area contributed by atoms with Gasteiger partial charge in [-0.25, -0.2) is 5.43 Å². The first-order chi connectivity index (χ1) is 12.4. The number of nitrogens with zero attached hydrogens (tertiary/aromatic N) is 1. The number of carbonyl (C=O) groups is 1. The van der Waals surface area contributed by atoms with Gasteiger partial charge in [0.1, 0.15) is 5.75 Å². The molecule has 0 saturated heterocycles. The molecule has 2 N–H and O–H groups in total. The van der Waals surface area contributed by atoms with Crippen LogP contribution < -0.4 is 14.9 Å². The minimum Gasteiger partial charge on any atom is -0.504 e.